The SMILES string of the molecule is O=C1c2ccccc2C(=O)c2c1oc(C1CCCCC1)c2-c1ccc([N+](=O)[O-])cc1. The molecular weight excluding hydrogens is 382 g/mol. The molecule has 1 aromatic heterocycles. The molecule has 0 amide bonds. The Labute approximate surface area is 172 Å². The van der Waals surface area contributed by atoms with Crippen molar-refractivity contribution in [1.82, 2.24) is 0 Å². The van der Waals surface area contributed by atoms with E-state index in [4.69, 9.17) is 4.42 Å². The summed E-state index contributed by atoms with van der Waals surface area (Å²) in [5.41, 5.74) is 2.26. The molecule has 1 heterocycles. The van der Waals surface area contributed by atoms with E-state index in [0.717, 1.165) is 32.1 Å². The molecule has 0 bridgehead atoms. The Morgan fingerprint density at radius 3 is 2.10 bits per heavy atom. The molecule has 0 N–H and O–H groups in total. The monoisotopic (exact) mass is 401 g/mol. The van der Waals surface area contributed by atoms with Crippen LogP contribution in [0, 0.1) is 10.1 Å². The van der Waals surface area contributed by atoms with Crippen molar-refractivity contribution >= 4 is 17.3 Å². The van der Waals surface area contributed by atoms with Gasteiger partial charge in [0.2, 0.25) is 5.78 Å². The van der Waals surface area contributed by atoms with Crippen LogP contribution in [0.4, 0.5) is 5.69 Å². The number of non-ortho nitro benzene ring substituents is 1. The summed E-state index contributed by atoms with van der Waals surface area (Å²) < 4.78 is 6.14. The van der Waals surface area contributed by atoms with Crippen LogP contribution in [-0.2, 0) is 0 Å². The number of furan rings is 1. The van der Waals surface area contributed by atoms with Crippen LogP contribution in [0.1, 0.15) is 75.8 Å². The van der Waals surface area contributed by atoms with Gasteiger partial charge in [-0.05, 0) is 30.5 Å². The number of carbonyl (C=O) groups excluding carboxylic acids is 2. The van der Waals surface area contributed by atoms with Gasteiger partial charge < -0.3 is 4.42 Å². The number of carbonyl (C=O) groups is 2. The highest BCUT2D eigenvalue weighted by Gasteiger charge is 2.39. The van der Waals surface area contributed by atoms with Crippen molar-refractivity contribution in [3.05, 3.63) is 86.9 Å². The highest BCUT2D eigenvalue weighted by atomic mass is 16.6. The van der Waals surface area contributed by atoms with Crippen LogP contribution >= 0.6 is 0 Å². The zero-order valence-corrected chi connectivity index (χ0v) is 16.2. The standard InChI is InChI=1S/C24H19NO5/c26-21-17-8-4-5-9-18(17)22(27)24-20(21)19(14-10-12-16(13-11-14)25(28)29)23(30-24)15-6-2-1-3-7-15/h4-5,8-13,15H,1-3,6-7H2. The number of nitro benzene ring substituents is 1. The third-order valence-electron chi connectivity index (χ3n) is 6.13. The molecule has 150 valence electrons. The first-order chi connectivity index (χ1) is 14.6. The molecule has 6 nitrogen and oxygen atoms in total. The van der Waals surface area contributed by atoms with Crippen LogP contribution in [0.15, 0.2) is 52.9 Å². The smallest absolute Gasteiger partial charge is 0.269 e. The Hall–Kier alpha value is -3.54. The minimum absolute atomic E-state index is 0.0249. The maximum absolute atomic E-state index is 13.4. The van der Waals surface area contributed by atoms with Crippen molar-refractivity contribution in [1.29, 1.82) is 0 Å². The van der Waals surface area contributed by atoms with Gasteiger partial charge in [-0.2, -0.15) is 0 Å². The van der Waals surface area contributed by atoms with Crippen LogP contribution in [0.2, 0.25) is 0 Å². The molecule has 1 saturated carbocycles. The molecule has 30 heavy (non-hydrogen) atoms. The summed E-state index contributed by atoms with van der Waals surface area (Å²) in [5, 5.41) is 11.1. The van der Waals surface area contributed by atoms with E-state index in [-0.39, 0.29) is 34.5 Å². The number of fused-ring (bicyclic) bond motifs is 2. The van der Waals surface area contributed by atoms with Gasteiger partial charge in [-0.1, -0.05) is 43.5 Å². The molecule has 0 spiro atoms. The Morgan fingerprint density at radius 2 is 1.47 bits per heavy atom. The van der Waals surface area contributed by atoms with Crippen LogP contribution in [-0.4, -0.2) is 16.5 Å². The first-order valence-electron chi connectivity index (χ1n) is 10.2. The van der Waals surface area contributed by atoms with E-state index in [1.807, 2.05) is 0 Å². The van der Waals surface area contributed by atoms with Crippen LogP contribution < -0.4 is 0 Å². The Kier molecular flexibility index (Phi) is 4.35. The van der Waals surface area contributed by atoms with E-state index in [0.29, 0.717) is 28.0 Å². The molecule has 2 aliphatic carbocycles. The van der Waals surface area contributed by atoms with E-state index in [1.165, 1.54) is 12.1 Å². The molecule has 0 unspecified atom stereocenters. The molecule has 0 radical (unpaired) electrons. The summed E-state index contributed by atoms with van der Waals surface area (Å²) in [4.78, 5) is 37.1. The average molecular weight is 401 g/mol. The fraction of sp³-hybridized carbons (Fsp3) is 0.250. The van der Waals surface area contributed by atoms with Crippen molar-refractivity contribution in [2.45, 2.75) is 38.0 Å². The fourth-order valence-electron chi connectivity index (χ4n) is 4.65. The number of ketones is 2. The summed E-state index contributed by atoms with van der Waals surface area (Å²) in [6.45, 7) is 0. The quantitative estimate of drug-likeness (QED) is 0.325. The van der Waals surface area contributed by atoms with Gasteiger partial charge in [0.25, 0.3) is 5.69 Å². The number of hydrogen-bond donors (Lipinski definition) is 0. The minimum Gasteiger partial charge on any atom is -0.456 e. The highest BCUT2D eigenvalue weighted by Crippen LogP contribution is 2.45. The van der Waals surface area contributed by atoms with Gasteiger partial charge >= 0.3 is 0 Å². The predicted octanol–water partition coefficient (Wildman–Crippen LogP) is 5.68. The number of nitrogens with zero attached hydrogens (tertiary/aromatic N) is 1. The maximum atomic E-state index is 13.4. The Balaban J connectivity index is 1.73. The lowest BCUT2D eigenvalue weighted by Crippen LogP contribution is -2.19. The van der Waals surface area contributed by atoms with Gasteiger partial charge in [0.1, 0.15) is 5.76 Å². The van der Waals surface area contributed by atoms with E-state index < -0.39 is 4.92 Å². The molecule has 3 aromatic rings. The number of benzene rings is 2. The molecular formula is C24H19NO5. The minimum atomic E-state index is -0.457. The van der Waals surface area contributed by atoms with Crippen molar-refractivity contribution in [3.8, 4) is 11.1 Å². The normalized spacial score (nSPS) is 16.3. The lowest BCUT2D eigenvalue weighted by atomic mass is 9.81. The van der Waals surface area contributed by atoms with Crippen molar-refractivity contribution < 1.29 is 18.9 Å². The molecule has 0 atom stereocenters. The lowest BCUT2D eigenvalue weighted by Gasteiger charge is -2.21. The Bertz CT molecular complexity index is 1180. The molecule has 5 rings (SSSR count). The number of nitro groups is 1. The van der Waals surface area contributed by atoms with Gasteiger partial charge in [0.15, 0.2) is 11.5 Å². The molecule has 0 aliphatic heterocycles. The van der Waals surface area contributed by atoms with Crippen molar-refractivity contribution in [2.24, 2.45) is 0 Å². The zero-order valence-electron chi connectivity index (χ0n) is 16.2. The number of rotatable bonds is 3. The van der Waals surface area contributed by atoms with E-state index >= 15 is 0 Å². The first-order valence-corrected chi connectivity index (χ1v) is 10.2. The maximum Gasteiger partial charge on any atom is 0.269 e. The average Bonchev–Trinajstić information content (AvgIpc) is 3.19. The van der Waals surface area contributed by atoms with Crippen LogP contribution in [0.25, 0.3) is 11.1 Å². The molecule has 0 saturated heterocycles. The zero-order chi connectivity index (χ0) is 20.8. The largest absolute Gasteiger partial charge is 0.456 e. The predicted molar refractivity (Wildman–Crippen MR) is 110 cm³/mol. The molecule has 2 aliphatic rings. The van der Waals surface area contributed by atoms with Gasteiger partial charge in [0.05, 0.1) is 10.5 Å². The van der Waals surface area contributed by atoms with Gasteiger partial charge in [-0.3, -0.25) is 19.7 Å². The topological polar surface area (TPSA) is 90.4 Å². The Morgan fingerprint density at radius 1 is 0.833 bits per heavy atom. The van der Waals surface area contributed by atoms with Crippen molar-refractivity contribution in [2.75, 3.05) is 0 Å². The summed E-state index contributed by atoms with van der Waals surface area (Å²) >= 11 is 0. The summed E-state index contributed by atoms with van der Waals surface area (Å²) in [5.74, 6) is 0.346. The summed E-state index contributed by atoms with van der Waals surface area (Å²) in [6.07, 6.45) is 5.16. The van der Waals surface area contributed by atoms with Gasteiger partial charge in [0, 0.05) is 34.7 Å². The van der Waals surface area contributed by atoms with E-state index in [9.17, 15) is 19.7 Å². The van der Waals surface area contributed by atoms with Gasteiger partial charge in [-0.25, -0.2) is 0 Å². The third kappa shape index (κ3) is 2.79. The first kappa shape index (κ1) is 18.5. The number of hydrogen-bond acceptors (Lipinski definition) is 5. The second kappa shape index (κ2) is 7.06. The highest BCUT2D eigenvalue weighted by molar-refractivity contribution is 6.29. The second-order valence-electron chi connectivity index (χ2n) is 7.89. The van der Waals surface area contributed by atoms with Crippen LogP contribution in [0.3, 0.4) is 0 Å². The van der Waals surface area contributed by atoms with Crippen LogP contribution in [0.5, 0.6) is 0 Å². The fourth-order valence-corrected chi connectivity index (χ4v) is 4.65. The molecule has 2 aromatic carbocycles. The molecule has 1 fully saturated rings. The van der Waals surface area contributed by atoms with E-state index in [2.05, 4.69) is 0 Å². The molecule has 6 heteroatoms. The summed E-state index contributed by atoms with van der Waals surface area (Å²) in [6, 6.07) is 12.9. The van der Waals surface area contributed by atoms with E-state index in [1.54, 1.807) is 36.4 Å². The third-order valence-corrected chi connectivity index (χ3v) is 6.13. The lowest BCUT2D eigenvalue weighted by molar-refractivity contribution is -0.384. The van der Waals surface area contributed by atoms with Gasteiger partial charge in [-0.15, -0.1) is 0 Å². The second-order valence-corrected chi connectivity index (χ2v) is 7.89. The van der Waals surface area contributed by atoms with Crippen molar-refractivity contribution in [3.63, 3.8) is 0 Å². The summed E-state index contributed by atoms with van der Waals surface area (Å²) in [7, 11) is 0.